The number of piperazine rings is 1. The molecule has 0 aliphatic carbocycles. The van der Waals surface area contributed by atoms with Crippen LogP contribution in [0.25, 0.3) is 11.8 Å². The Hall–Kier alpha value is -3.54. The molecule has 0 unspecified atom stereocenters. The van der Waals surface area contributed by atoms with Crippen LogP contribution in [0.5, 0.6) is 5.75 Å². The van der Waals surface area contributed by atoms with E-state index in [1.165, 1.54) is 0 Å². The molecule has 2 aromatic carbocycles. The van der Waals surface area contributed by atoms with Crippen LogP contribution in [0.15, 0.2) is 73.1 Å². The maximum Gasteiger partial charge on any atom is 0.246 e. The van der Waals surface area contributed by atoms with E-state index in [4.69, 9.17) is 4.74 Å². The predicted octanol–water partition coefficient (Wildman–Crippen LogP) is 3.63. The highest BCUT2D eigenvalue weighted by Crippen LogP contribution is 2.28. The van der Waals surface area contributed by atoms with Crippen molar-refractivity contribution in [3.8, 4) is 11.4 Å². The van der Waals surface area contributed by atoms with Gasteiger partial charge in [0.1, 0.15) is 5.75 Å². The molecule has 0 atom stereocenters. The third-order valence-corrected chi connectivity index (χ3v) is 5.14. The van der Waals surface area contributed by atoms with E-state index in [1.807, 2.05) is 72.6 Å². The number of carbonyl (C=O) groups is 1. The summed E-state index contributed by atoms with van der Waals surface area (Å²) >= 11 is 0. The number of hydrogen-bond donors (Lipinski definition) is 0. The van der Waals surface area contributed by atoms with Gasteiger partial charge in [0.05, 0.1) is 24.2 Å². The third-order valence-electron chi connectivity index (χ3n) is 5.14. The highest BCUT2D eigenvalue weighted by molar-refractivity contribution is 5.91. The van der Waals surface area contributed by atoms with Crippen LogP contribution in [0.3, 0.4) is 0 Å². The molecule has 1 fully saturated rings. The molecule has 3 aromatic rings. The lowest BCUT2D eigenvalue weighted by atomic mass is 10.2. The van der Waals surface area contributed by atoms with Crippen LogP contribution in [0.4, 0.5) is 5.69 Å². The Labute approximate surface area is 177 Å². The van der Waals surface area contributed by atoms with Gasteiger partial charge in [-0.15, -0.1) is 0 Å². The monoisotopic (exact) mass is 402 g/mol. The SMILES string of the molecule is CCOc1ccccc1N1CCN(C(=O)/C=C/c2cnn(-c3ccccc3)c2)CC1. The number of para-hydroxylation sites is 3. The van der Waals surface area contributed by atoms with Gasteiger partial charge in [-0.25, -0.2) is 4.68 Å². The van der Waals surface area contributed by atoms with E-state index >= 15 is 0 Å². The first-order chi connectivity index (χ1) is 14.7. The highest BCUT2D eigenvalue weighted by atomic mass is 16.5. The van der Waals surface area contributed by atoms with E-state index in [0.717, 1.165) is 35.8 Å². The van der Waals surface area contributed by atoms with Crippen LogP contribution in [0, 0.1) is 0 Å². The molecule has 4 rings (SSSR count). The Morgan fingerprint density at radius 3 is 2.53 bits per heavy atom. The lowest BCUT2D eigenvalue weighted by Crippen LogP contribution is -2.48. The Kier molecular flexibility index (Phi) is 6.13. The van der Waals surface area contributed by atoms with E-state index in [-0.39, 0.29) is 5.91 Å². The summed E-state index contributed by atoms with van der Waals surface area (Å²) in [6, 6.07) is 18.0. The number of benzene rings is 2. The summed E-state index contributed by atoms with van der Waals surface area (Å²) in [4.78, 5) is 16.8. The van der Waals surface area contributed by atoms with E-state index < -0.39 is 0 Å². The predicted molar refractivity (Wildman–Crippen MR) is 119 cm³/mol. The quantitative estimate of drug-likeness (QED) is 0.591. The number of nitrogens with zero attached hydrogens (tertiary/aromatic N) is 4. The fourth-order valence-corrected chi connectivity index (χ4v) is 3.58. The van der Waals surface area contributed by atoms with Gasteiger partial charge in [0.15, 0.2) is 0 Å². The second-order valence-corrected chi connectivity index (χ2v) is 7.10. The minimum atomic E-state index is 0.0280. The molecule has 1 aromatic heterocycles. The molecule has 6 nitrogen and oxygen atoms in total. The lowest BCUT2D eigenvalue weighted by molar-refractivity contribution is -0.126. The second-order valence-electron chi connectivity index (χ2n) is 7.10. The van der Waals surface area contributed by atoms with Crippen LogP contribution in [-0.4, -0.2) is 53.4 Å². The van der Waals surface area contributed by atoms with Crippen LogP contribution in [0.2, 0.25) is 0 Å². The average Bonchev–Trinajstić information content (AvgIpc) is 3.28. The summed E-state index contributed by atoms with van der Waals surface area (Å²) in [6.45, 7) is 5.58. The minimum Gasteiger partial charge on any atom is -0.492 e. The Morgan fingerprint density at radius 2 is 1.77 bits per heavy atom. The van der Waals surface area contributed by atoms with Crippen molar-refractivity contribution in [1.29, 1.82) is 0 Å². The minimum absolute atomic E-state index is 0.0280. The molecular weight excluding hydrogens is 376 g/mol. The number of rotatable bonds is 6. The van der Waals surface area contributed by atoms with E-state index in [1.54, 1.807) is 17.0 Å². The molecule has 0 spiro atoms. The summed E-state index contributed by atoms with van der Waals surface area (Å²) in [6.07, 6.45) is 7.14. The molecule has 2 heterocycles. The van der Waals surface area contributed by atoms with Crippen LogP contribution in [0.1, 0.15) is 12.5 Å². The van der Waals surface area contributed by atoms with E-state index in [0.29, 0.717) is 19.7 Å². The lowest BCUT2D eigenvalue weighted by Gasteiger charge is -2.36. The topological polar surface area (TPSA) is 50.6 Å². The van der Waals surface area contributed by atoms with Gasteiger partial charge in [-0.2, -0.15) is 5.10 Å². The van der Waals surface area contributed by atoms with Crippen molar-refractivity contribution in [3.63, 3.8) is 0 Å². The second kappa shape index (κ2) is 9.31. The maximum atomic E-state index is 12.6. The largest absolute Gasteiger partial charge is 0.492 e. The smallest absolute Gasteiger partial charge is 0.246 e. The number of aromatic nitrogens is 2. The van der Waals surface area contributed by atoms with Gasteiger partial charge >= 0.3 is 0 Å². The van der Waals surface area contributed by atoms with Crippen molar-refractivity contribution in [3.05, 3.63) is 78.6 Å². The summed E-state index contributed by atoms with van der Waals surface area (Å²) in [5, 5.41) is 4.37. The molecular formula is C24H26N4O2. The highest BCUT2D eigenvalue weighted by Gasteiger charge is 2.21. The third kappa shape index (κ3) is 4.54. The van der Waals surface area contributed by atoms with Crippen molar-refractivity contribution in [2.45, 2.75) is 6.92 Å². The first-order valence-corrected chi connectivity index (χ1v) is 10.3. The molecule has 6 heteroatoms. The van der Waals surface area contributed by atoms with Crippen LogP contribution >= 0.6 is 0 Å². The van der Waals surface area contributed by atoms with Gasteiger partial charge in [0.25, 0.3) is 0 Å². The van der Waals surface area contributed by atoms with Gasteiger partial charge in [-0.05, 0) is 37.3 Å². The zero-order chi connectivity index (χ0) is 20.8. The number of hydrogen-bond acceptors (Lipinski definition) is 4. The van der Waals surface area contributed by atoms with Gasteiger partial charge < -0.3 is 14.5 Å². The molecule has 1 aliphatic rings. The number of ether oxygens (including phenoxy) is 1. The summed E-state index contributed by atoms with van der Waals surface area (Å²) in [5.74, 6) is 0.926. The molecule has 0 radical (unpaired) electrons. The van der Waals surface area contributed by atoms with E-state index in [9.17, 15) is 4.79 Å². The van der Waals surface area contributed by atoms with Gasteiger partial charge in [-0.3, -0.25) is 4.79 Å². The molecule has 0 bridgehead atoms. The van der Waals surface area contributed by atoms with Crippen molar-refractivity contribution >= 4 is 17.7 Å². The molecule has 1 amide bonds. The van der Waals surface area contributed by atoms with Crippen LogP contribution in [-0.2, 0) is 4.79 Å². The fourth-order valence-electron chi connectivity index (χ4n) is 3.58. The number of carbonyl (C=O) groups excluding carboxylic acids is 1. The Morgan fingerprint density at radius 1 is 1.03 bits per heavy atom. The molecule has 0 N–H and O–H groups in total. The number of anilines is 1. The zero-order valence-electron chi connectivity index (χ0n) is 17.1. The molecule has 0 saturated carbocycles. The normalized spacial score (nSPS) is 14.3. The van der Waals surface area contributed by atoms with E-state index in [2.05, 4.69) is 16.1 Å². The van der Waals surface area contributed by atoms with Crippen molar-refractivity contribution in [1.82, 2.24) is 14.7 Å². The Bertz CT molecular complexity index is 1000. The number of amides is 1. The molecule has 1 aliphatic heterocycles. The summed E-state index contributed by atoms with van der Waals surface area (Å²) in [7, 11) is 0. The maximum absolute atomic E-state index is 12.6. The summed E-state index contributed by atoms with van der Waals surface area (Å²) < 4.78 is 7.55. The first-order valence-electron chi connectivity index (χ1n) is 10.3. The molecule has 154 valence electrons. The van der Waals surface area contributed by atoms with Crippen molar-refractivity contribution in [2.75, 3.05) is 37.7 Å². The molecule has 30 heavy (non-hydrogen) atoms. The fraction of sp³-hybridized carbons (Fsp3) is 0.250. The first kappa shape index (κ1) is 19.8. The van der Waals surface area contributed by atoms with Gasteiger partial charge in [0.2, 0.25) is 5.91 Å². The van der Waals surface area contributed by atoms with Gasteiger partial charge in [-0.1, -0.05) is 30.3 Å². The average molecular weight is 402 g/mol. The zero-order valence-corrected chi connectivity index (χ0v) is 17.1. The Balaban J connectivity index is 1.34. The van der Waals surface area contributed by atoms with Crippen molar-refractivity contribution in [2.24, 2.45) is 0 Å². The molecule has 1 saturated heterocycles. The van der Waals surface area contributed by atoms with Gasteiger partial charge in [0, 0.05) is 44.0 Å². The standard InChI is InChI=1S/C24H26N4O2/c1-2-30-23-11-7-6-10-22(23)26-14-16-27(17-15-26)24(29)13-12-20-18-25-28(19-20)21-8-4-3-5-9-21/h3-13,18-19H,2,14-17H2,1H3/b13-12+. The van der Waals surface area contributed by atoms with Crippen molar-refractivity contribution < 1.29 is 9.53 Å². The summed E-state index contributed by atoms with van der Waals surface area (Å²) in [5.41, 5.74) is 2.98. The van der Waals surface area contributed by atoms with Crippen LogP contribution < -0.4 is 9.64 Å².